The molecule has 0 aromatic heterocycles. The number of hydrogen-bond acceptors (Lipinski definition) is 2. The standard InChI is InChI=1S/C15H23FN2/c1-11-7-12(2)9-15(8-11,10-17)18-14-5-3-13(16)4-6-14/h3-6,11-12,18H,7-10,17H2,1-2H3. The molecule has 1 aromatic rings. The van der Waals surface area contributed by atoms with Crippen LogP contribution < -0.4 is 11.1 Å². The van der Waals surface area contributed by atoms with E-state index >= 15 is 0 Å². The van der Waals surface area contributed by atoms with E-state index in [4.69, 9.17) is 5.73 Å². The smallest absolute Gasteiger partial charge is 0.123 e. The van der Waals surface area contributed by atoms with Crippen LogP contribution in [0.2, 0.25) is 0 Å². The van der Waals surface area contributed by atoms with Crippen molar-refractivity contribution in [3.63, 3.8) is 0 Å². The van der Waals surface area contributed by atoms with Gasteiger partial charge in [-0.3, -0.25) is 0 Å². The van der Waals surface area contributed by atoms with E-state index in [9.17, 15) is 4.39 Å². The summed E-state index contributed by atoms with van der Waals surface area (Å²) in [4.78, 5) is 0. The van der Waals surface area contributed by atoms with E-state index < -0.39 is 0 Å². The molecular formula is C15H23FN2. The van der Waals surface area contributed by atoms with E-state index in [2.05, 4.69) is 19.2 Å². The van der Waals surface area contributed by atoms with Gasteiger partial charge in [-0.15, -0.1) is 0 Å². The van der Waals surface area contributed by atoms with Crippen LogP contribution >= 0.6 is 0 Å². The lowest BCUT2D eigenvalue weighted by Crippen LogP contribution is -2.50. The van der Waals surface area contributed by atoms with Gasteiger partial charge in [-0.25, -0.2) is 4.39 Å². The molecule has 1 aliphatic rings. The van der Waals surface area contributed by atoms with Crippen molar-refractivity contribution in [2.24, 2.45) is 17.6 Å². The lowest BCUT2D eigenvalue weighted by molar-refractivity contribution is 0.205. The van der Waals surface area contributed by atoms with E-state index in [1.54, 1.807) is 12.1 Å². The number of rotatable bonds is 3. The Bertz CT molecular complexity index is 378. The molecule has 2 atom stereocenters. The van der Waals surface area contributed by atoms with Gasteiger partial charge in [0.1, 0.15) is 5.82 Å². The van der Waals surface area contributed by atoms with Crippen molar-refractivity contribution < 1.29 is 4.39 Å². The Morgan fingerprint density at radius 1 is 1.22 bits per heavy atom. The quantitative estimate of drug-likeness (QED) is 0.863. The monoisotopic (exact) mass is 250 g/mol. The lowest BCUT2D eigenvalue weighted by atomic mass is 9.71. The van der Waals surface area contributed by atoms with Gasteiger partial charge in [-0.05, 0) is 55.4 Å². The zero-order valence-electron chi connectivity index (χ0n) is 11.2. The molecule has 0 spiro atoms. The Hall–Kier alpha value is -1.09. The zero-order valence-corrected chi connectivity index (χ0v) is 11.2. The molecule has 0 aliphatic heterocycles. The number of hydrogen-bond donors (Lipinski definition) is 2. The van der Waals surface area contributed by atoms with Crippen molar-refractivity contribution in [2.45, 2.75) is 38.6 Å². The minimum absolute atomic E-state index is 0.0328. The van der Waals surface area contributed by atoms with E-state index in [-0.39, 0.29) is 11.4 Å². The number of nitrogens with two attached hydrogens (primary N) is 1. The third kappa shape index (κ3) is 3.02. The fourth-order valence-electron chi connectivity index (χ4n) is 3.43. The largest absolute Gasteiger partial charge is 0.378 e. The van der Waals surface area contributed by atoms with Crippen LogP contribution in [-0.2, 0) is 0 Å². The van der Waals surface area contributed by atoms with Gasteiger partial charge in [-0.1, -0.05) is 13.8 Å². The first-order valence-corrected chi connectivity index (χ1v) is 6.77. The summed E-state index contributed by atoms with van der Waals surface area (Å²) in [6.45, 7) is 5.19. The van der Waals surface area contributed by atoms with Crippen molar-refractivity contribution in [3.05, 3.63) is 30.1 Å². The molecule has 2 unspecified atom stereocenters. The summed E-state index contributed by atoms with van der Waals surface area (Å²) in [7, 11) is 0. The molecule has 1 fully saturated rings. The Balaban J connectivity index is 2.14. The third-order valence-electron chi connectivity index (χ3n) is 3.93. The number of anilines is 1. The SMILES string of the molecule is CC1CC(C)CC(CN)(Nc2ccc(F)cc2)C1. The minimum Gasteiger partial charge on any atom is -0.378 e. The number of halogens is 1. The first kappa shape index (κ1) is 13.3. The summed E-state index contributed by atoms with van der Waals surface area (Å²) in [5.41, 5.74) is 6.93. The third-order valence-corrected chi connectivity index (χ3v) is 3.93. The van der Waals surface area contributed by atoms with E-state index in [1.165, 1.54) is 18.6 Å². The summed E-state index contributed by atoms with van der Waals surface area (Å²) >= 11 is 0. The summed E-state index contributed by atoms with van der Waals surface area (Å²) < 4.78 is 12.9. The van der Waals surface area contributed by atoms with Crippen LogP contribution in [-0.4, -0.2) is 12.1 Å². The van der Waals surface area contributed by atoms with Crippen molar-refractivity contribution in [1.29, 1.82) is 0 Å². The van der Waals surface area contributed by atoms with Gasteiger partial charge >= 0.3 is 0 Å². The van der Waals surface area contributed by atoms with Gasteiger partial charge in [0.15, 0.2) is 0 Å². The molecule has 0 saturated heterocycles. The second kappa shape index (κ2) is 5.27. The van der Waals surface area contributed by atoms with Crippen LogP contribution in [0.5, 0.6) is 0 Å². The molecule has 18 heavy (non-hydrogen) atoms. The van der Waals surface area contributed by atoms with Crippen molar-refractivity contribution in [1.82, 2.24) is 0 Å². The summed E-state index contributed by atoms with van der Waals surface area (Å²) in [6, 6.07) is 6.55. The molecule has 0 bridgehead atoms. The van der Waals surface area contributed by atoms with Crippen LogP contribution in [0, 0.1) is 17.7 Å². The summed E-state index contributed by atoms with van der Waals surface area (Å²) in [6.07, 6.45) is 3.45. The van der Waals surface area contributed by atoms with Gasteiger partial charge in [0.05, 0.1) is 5.54 Å². The molecule has 1 saturated carbocycles. The van der Waals surface area contributed by atoms with Crippen LogP contribution in [0.1, 0.15) is 33.1 Å². The Kier molecular flexibility index (Phi) is 3.91. The summed E-state index contributed by atoms with van der Waals surface area (Å²) in [5, 5.41) is 3.54. The van der Waals surface area contributed by atoms with Gasteiger partial charge in [-0.2, -0.15) is 0 Å². The topological polar surface area (TPSA) is 38.0 Å². The highest BCUT2D eigenvalue weighted by Crippen LogP contribution is 2.37. The maximum absolute atomic E-state index is 12.9. The molecule has 0 heterocycles. The molecule has 1 aromatic carbocycles. The fourth-order valence-corrected chi connectivity index (χ4v) is 3.43. The normalized spacial score (nSPS) is 32.2. The maximum atomic E-state index is 12.9. The van der Waals surface area contributed by atoms with Gasteiger partial charge < -0.3 is 11.1 Å². The molecule has 2 rings (SSSR count). The first-order valence-electron chi connectivity index (χ1n) is 6.77. The van der Waals surface area contributed by atoms with Crippen molar-refractivity contribution in [2.75, 3.05) is 11.9 Å². The summed E-state index contributed by atoms with van der Waals surface area (Å²) in [5.74, 6) is 1.17. The predicted molar refractivity (Wildman–Crippen MR) is 74.0 cm³/mol. The Morgan fingerprint density at radius 3 is 2.28 bits per heavy atom. The number of benzene rings is 1. The van der Waals surface area contributed by atoms with Gasteiger partial charge in [0, 0.05) is 12.2 Å². The lowest BCUT2D eigenvalue weighted by Gasteiger charge is -2.43. The molecule has 3 N–H and O–H groups in total. The fraction of sp³-hybridized carbons (Fsp3) is 0.600. The Morgan fingerprint density at radius 2 is 1.78 bits per heavy atom. The van der Waals surface area contributed by atoms with Gasteiger partial charge in [0.25, 0.3) is 0 Å². The van der Waals surface area contributed by atoms with E-state index in [1.807, 2.05) is 0 Å². The highest BCUT2D eigenvalue weighted by molar-refractivity contribution is 5.46. The average molecular weight is 250 g/mol. The zero-order chi connectivity index (χ0) is 13.2. The molecule has 0 amide bonds. The molecule has 100 valence electrons. The highest BCUT2D eigenvalue weighted by atomic mass is 19.1. The minimum atomic E-state index is -0.201. The second-order valence-electron chi connectivity index (χ2n) is 5.97. The van der Waals surface area contributed by atoms with Crippen LogP contribution in [0.4, 0.5) is 10.1 Å². The maximum Gasteiger partial charge on any atom is 0.123 e. The van der Waals surface area contributed by atoms with Crippen molar-refractivity contribution >= 4 is 5.69 Å². The van der Waals surface area contributed by atoms with Crippen molar-refractivity contribution in [3.8, 4) is 0 Å². The van der Waals surface area contributed by atoms with Crippen LogP contribution in [0.25, 0.3) is 0 Å². The van der Waals surface area contributed by atoms with Crippen LogP contribution in [0.15, 0.2) is 24.3 Å². The van der Waals surface area contributed by atoms with E-state index in [0.29, 0.717) is 18.4 Å². The molecule has 2 nitrogen and oxygen atoms in total. The second-order valence-corrected chi connectivity index (χ2v) is 5.97. The number of nitrogens with one attached hydrogen (secondary N) is 1. The molecular weight excluding hydrogens is 227 g/mol. The molecule has 3 heteroatoms. The van der Waals surface area contributed by atoms with Crippen LogP contribution in [0.3, 0.4) is 0 Å². The Labute approximate surface area is 109 Å². The highest BCUT2D eigenvalue weighted by Gasteiger charge is 2.36. The van der Waals surface area contributed by atoms with Gasteiger partial charge in [0.2, 0.25) is 0 Å². The first-order chi connectivity index (χ1) is 8.53. The molecule has 1 aliphatic carbocycles. The predicted octanol–water partition coefficient (Wildman–Crippen LogP) is 3.39. The molecule has 0 radical (unpaired) electrons. The van der Waals surface area contributed by atoms with E-state index in [0.717, 1.165) is 18.5 Å². The average Bonchev–Trinajstić information content (AvgIpc) is 2.31.